The van der Waals surface area contributed by atoms with Crippen molar-refractivity contribution in [3.8, 4) is 0 Å². The first-order chi connectivity index (χ1) is 17.9. The third-order valence-electron chi connectivity index (χ3n) is 5.54. The summed E-state index contributed by atoms with van der Waals surface area (Å²) in [5, 5.41) is 1.97. The lowest BCUT2D eigenvalue weighted by atomic mass is 10.0. The summed E-state index contributed by atoms with van der Waals surface area (Å²) >= 11 is 18.2. The third-order valence-corrected chi connectivity index (χ3v) is 8.39. The molecule has 2 aromatic rings. The van der Waals surface area contributed by atoms with E-state index in [0.29, 0.717) is 0 Å². The number of alkyl halides is 3. The van der Waals surface area contributed by atoms with Crippen LogP contribution in [0.5, 0.6) is 0 Å². The number of carbonyl (C=O) groups is 3. The molecule has 38 heavy (non-hydrogen) atoms. The number of benzene rings is 2. The van der Waals surface area contributed by atoms with Crippen molar-refractivity contribution >= 4 is 74.5 Å². The van der Waals surface area contributed by atoms with E-state index in [1.807, 2.05) is 6.07 Å². The number of halogens is 3. The highest BCUT2D eigenvalue weighted by Gasteiger charge is 2.55. The zero-order valence-corrected chi connectivity index (χ0v) is 23.6. The van der Waals surface area contributed by atoms with E-state index in [1.165, 1.54) is 12.1 Å². The summed E-state index contributed by atoms with van der Waals surface area (Å²) in [6.45, 7) is 1.13. The summed E-state index contributed by atoms with van der Waals surface area (Å²) in [7, 11) is -4.35. The number of hydrogen-bond donors (Lipinski definition) is 1. The average molecular weight is 620 g/mol. The Morgan fingerprint density at radius 1 is 1.11 bits per heavy atom. The first-order valence-electron chi connectivity index (χ1n) is 11.1. The van der Waals surface area contributed by atoms with Crippen molar-refractivity contribution in [2.75, 3.05) is 12.4 Å². The van der Waals surface area contributed by atoms with E-state index in [9.17, 15) is 22.8 Å². The van der Waals surface area contributed by atoms with E-state index in [-0.39, 0.29) is 28.7 Å². The number of hydrogen-bond acceptors (Lipinski definition) is 8. The second-order valence-corrected chi connectivity index (χ2v) is 13.6. The minimum absolute atomic E-state index is 0.0547. The molecule has 2 atom stereocenters. The molecule has 1 unspecified atom stereocenters. The number of esters is 1. The van der Waals surface area contributed by atoms with E-state index in [1.54, 1.807) is 43.3 Å². The van der Waals surface area contributed by atoms with Gasteiger partial charge >= 0.3 is 16.1 Å². The van der Waals surface area contributed by atoms with Crippen LogP contribution in [-0.4, -0.2) is 58.7 Å². The summed E-state index contributed by atoms with van der Waals surface area (Å²) in [5.74, 6) is -2.56. The second kappa shape index (κ2) is 11.4. The molecule has 2 aliphatic rings. The van der Waals surface area contributed by atoms with Gasteiger partial charge in [0.15, 0.2) is 11.5 Å². The SMILES string of the molecule is Cc1ccc(S(=O)(=O)OC2=C(C(=O)OCC(Cl)(Cl)Cl)N3C(=O)C(NC(=O)Cc4ccccc4)[C@H]3SC2)cc1. The molecule has 1 fully saturated rings. The maximum atomic E-state index is 13.1. The van der Waals surface area contributed by atoms with Gasteiger partial charge in [-0.2, -0.15) is 8.42 Å². The van der Waals surface area contributed by atoms with Gasteiger partial charge in [0.05, 0.1) is 12.2 Å². The zero-order chi connectivity index (χ0) is 27.7. The Kier molecular flexibility index (Phi) is 8.53. The number of rotatable bonds is 8. The monoisotopic (exact) mass is 618 g/mol. The number of aryl methyl sites for hydroxylation is 1. The highest BCUT2D eigenvalue weighted by atomic mass is 35.6. The Hall–Kier alpha value is -2.44. The largest absolute Gasteiger partial charge is 0.456 e. The molecule has 2 aliphatic heterocycles. The van der Waals surface area contributed by atoms with Gasteiger partial charge in [0.1, 0.15) is 22.9 Å². The predicted octanol–water partition coefficient (Wildman–Crippen LogP) is 3.47. The summed E-state index contributed by atoms with van der Waals surface area (Å²) < 4.78 is 34.3. The molecule has 2 aromatic carbocycles. The van der Waals surface area contributed by atoms with E-state index in [4.69, 9.17) is 43.7 Å². The number of amides is 2. The van der Waals surface area contributed by atoms with Crippen LogP contribution in [0.4, 0.5) is 0 Å². The van der Waals surface area contributed by atoms with Gasteiger partial charge in [-0.1, -0.05) is 82.8 Å². The van der Waals surface area contributed by atoms with Crippen LogP contribution < -0.4 is 5.32 Å². The van der Waals surface area contributed by atoms with Crippen molar-refractivity contribution in [1.82, 2.24) is 10.2 Å². The summed E-state index contributed by atoms with van der Waals surface area (Å²) in [6.07, 6.45) is 0.0547. The molecule has 2 heterocycles. The Balaban J connectivity index is 1.57. The Labute approximate surface area is 238 Å². The second-order valence-electron chi connectivity index (χ2n) is 8.43. The van der Waals surface area contributed by atoms with Gasteiger partial charge in [-0.3, -0.25) is 14.5 Å². The van der Waals surface area contributed by atoms with Crippen LogP contribution in [0.15, 0.2) is 70.9 Å². The van der Waals surface area contributed by atoms with E-state index in [0.717, 1.165) is 27.8 Å². The van der Waals surface area contributed by atoms with Crippen LogP contribution in [0.1, 0.15) is 11.1 Å². The number of carbonyl (C=O) groups excluding carboxylic acids is 3. The molecule has 14 heteroatoms. The first kappa shape index (κ1) is 28.6. The molecule has 0 radical (unpaired) electrons. The number of fused-ring (bicyclic) bond motifs is 1. The lowest BCUT2D eigenvalue weighted by molar-refractivity contribution is -0.153. The average Bonchev–Trinajstić information content (AvgIpc) is 2.86. The van der Waals surface area contributed by atoms with Crippen molar-refractivity contribution in [2.45, 2.75) is 33.4 Å². The molecule has 0 aliphatic carbocycles. The van der Waals surface area contributed by atoms with Crippen LogP contribution in [0.25, 0.3) is 0 Å². The van der Waals surface area contributed by atoms with Crippen molar-refractivity contribution < 1.29 is 31.7 Å². The minimum Gasteiger partial charge on any atom is -0.456 e. The van der Waals surface area contributed by atoms with Crippen LogP contribution in [0.2, 0.25) is 0 Å². The van der Waals surface area contributed by atoms with E-state index in [2.05, 4.69) is 5.32 Å². The topological polar surface area (TPSA) is 119 Å². The van der Waals surface area contributed by atoms with Crippen molar-refractivity contribution in [2.24, 2.45) is 0 Å². The fraction of sp³-hybridized carbons (Fsp3) is 0.292. The van der Waals surface area contributed by atoms with Crippen LogP contribution in [0.3, 0.4) is 0 Å². The minimum atomic E-state index is -4.35. The summed E-state index contributed by atoms with van der Waals surface area (Å²) in [5.41, 5.74) is 1.16. The molecule has 0 bridgehead atoms. The lowest BCUT2D eigenvalue weighted by Gasteiger charge is -2.49. The summed E-state index contributed by atoms with van der Waals surface area (Å²) in [4.78, 5) is 39.5. The van der Waals surface area contributed by atoms with Crippen molar-refractivity contribution in [3.63, 3.8) is 0 Å². The number of nitrogens with zero attached hydrogens (tertiary/aromatic N) is 1. The van der Waals surface area contributed by atoms with Crippen molar-refractivity contribution in [1.29, 1.82) is 0 Å². The number of thioether (sulfide) groups is 1. The van der Waals surface area contributed by atoms with Crippen LogP contribution in [-0.2, 0) is 39.8 Å². The number of β-lactam (4-membered cyclic amide) rings is 1. The Morgan fingerprint density at radius 3 is 2.39 bits per heavy atom. The molecular formula is C24H21Cl3N2O7S2. The number of nitrogens with one attached hydrogen (secondary N) is 1. The number of ether oxygens (including phenoxy) is 1. The third kappa shape index (κ3) is 6.58. The fourth-order valence-corrected chi connectivity index (χ4v) is 6.21. The highest BCUT2D eigenvalue weighted by Crippen LogP contribution is 2.42. The maximum absolute atomic E-state index is 13.1. The molecule has 1 saturated heterocycles. The standard InChI is InChI=1S/C24H21Cl3N2O7S2/c1-14-7-9-16(10-8-14)38(33,34)36-17-12-37-22-19(28-18(30)11-15-5-3-2-4-6-15)21(31)29(22)20(17)23(32)35-13-24(25,26)27/h2-10,19,22H,11-13H2,1H3,(H,28,30)/t19?,22-/m1/s1. The van der Waals surface area contributed by atoms with Gasteiger partial charge in [0, 0.05) is 0 Å². The molecule has 1 N–H and O–H groups in total. The van der Waals surface area contributed by atoms with Crippen LogP contribution in [0, 0.1) is 6.92 Å². The summed E-state index contributed by atoms with van der Waals surface area (Å²) in [6, 6.07) is 13.9. The van der Waals surface area contributed by atoms with Gasteiger partial charge < -0.3 is 14.2 Å². The van der Waals surface area contributed by atoms with Gasteiger partial charge in [-0.05, 0) is 24.6 Å². The van der Waals surface area contributed by atoms with Crippen LogP contribution >= 0.6 is 46.6 Å². The fourth-order valence-electron chi connectivity index (χ4n) is 3.75. The molecule has 0 aromatic heterocycles. The predicted molar refractivity (Wildman–Crippen MR) is 143 cm³/mol. The smallest absolute Gasteiger partial charge is 0.358 e. The van der Waals surface area contributed by atoms with Crippen molar-refractivity contribution in [3.05, 3.63) is 77.2 Å². The normalized spacial score (nSPS) is 19.4. The highest BCUT2D eigenvalue weighted by molar-refractivity contribution is 8.00. The maximum Gasteiger partial charge on any atom is 0.358 e. The zero-order valence-electron chi connectivity index (χ0n) is 19.7. The molecule has 0 saturated carbocycles. The first-order valence-corrected chi connectivity index (χ1v) is 14.7. The van der Waals surface area contributed by atoms with E-state index >= 15 is 0 Å². The molecule has 4 rings (SSSR count). The van der Waals surface area contributed by atoms with Gasteiger partial charge in [-0.15, -0.1) is 11.8 Å². The lowest BCUT2D eigenvalue weighted by Crippen LogP contribution is -2.70. The Morgan fingerprint density at radius 2 is 1.76 bits per heavy atom. The molecule has 202 valence electrons. The van der Waals surface area contributed by atoms with Gasteiger partial charge in [0.25, 0.3) is 5.91 Å². The quantitative estimate of drug-likeness (QED) is 0.207. The van der Waals surface area contributed by atoms with Gasteiger partial charge in [0.2, 0.25) is 9.70 Å². The van der Waals surface area contributed by atoms with Gasteiger partial charge in [-0.25, -0.2) is 4.79 Å². The molecule has 0 spiro atoms. The molecule has 2 amide bonds. The molecular weight excluding hydrogens is 599 g/mol. The Bertz CT molecular complexity index is 1380. The molecule has 9 nitrogen and oxygen atoms in total. The van der Waals surface area contributed by atoms with E-state index < -0.39 is 49.5 Å².